The first-order valence-electron chi connectivity index (χ1n) is 13.7. The quantitative estimate of drug-likeness (QED) is 0.515. The van der Waals surface area contributed by atoms with E-state index in [1.807, 2.05) is 36.4 Å². The molecule has 0 saturated carbocycles. The Kier molecular flexibility index (Phi) is 7.10. The monoisotopic (exact) mass is 547 g/mol. The van der Waals surface area contributed by atoms with Gasteiger partial charge in [-0.05, 0) is 47.9 Å². The first kappa shape index (κ1) is 26.2. The zero-order chi connectivity index (χ0) is 27.8. The third kappa shape index (κ3) is 5.11. The summed E-state index contributed by atoms with van der Waals surface area (Å²) >= 11 is 0. The first-order valence-corrected chi connectivity index (χ1v) is 13.7. The van der Waals surface area contributed by atoms with Gasteiger partial charge in [-0.1, -0.05) is 12.1 Å². The number of carbonyl (C=O) groups is 2. The van der Waals surface area contributed by atoms with Crippen LogP contribution in [0.25, 0.3) is 0 Å². The molecule has 0 spiro atoms. The number of amides is 2. The average molecular weight is 548 g/mol. The fraction of sp³-hybridized carbons (Fsp3) is 0.433. The average Bonchev–Trinajstić information content (AvgIpc) is 3.32. The van der Waals surface area contributed by atoms with E-state index in [2.05, 4.69) is 10.3 Å². The minimum absolute atomic E-state index is 0.179. The van der Waals surface area contributed by atoms with Gasteiger partial charge in [-0.2, -0.15) is 0 Å². The number of hydrogen-bond acceptors (Lipinski definition) is 8. The summed E-state index contributed by atoms with van der Waals surface area (Å²) in [6.45, 7) is 5.45. The van der Waals surface area contributed by atoms with Crippen molar-refractivity contribution in [2.45, 2.75) is 57.9 Å². The summed E-state index contributed by atoms with van der Waals surface area (Å²) in [6, 6.07) is 11.1. The molecular formula is C30H33N3O7. The molecule has 2 atom stereocenters. The number of benzene rings is 2. The van der Waals surface area contributed by atoms with E-state index in [0.29, 0.717) is 36.2 Å². The molecule has 4 heterocycles. The Morgan fingerprint density at radius 1 is 1.05 bits per heavy atom. The smallest absolute Gasteiger partial charge is 0.277 e. The van der Waals surface area contributed by atoms with Crippen LogP contribution in [0.15, 0.2) is 40.8 Å². The Morgan fingerprint density at radius 2 is 1.80 bits per heavy atom. The molecule has 3 aliphatic heterocycles. The van der Waals surface area contributed by atoms with Crippen molar-refractivity contribution in [2.24, 2.45) is 0 Å². The van der Waals surface area contributed by atoms with E-state index >= 15 is 0 Å². The van der Waals surface area contributed by atoms with Gasteiger partial charge in [0.1, 0.15) is 30.3 Å². The highest BCUT2D eigenvalue weighted by atomic mass is 16.6. The van der Waals surface area contributed by atoms with Crippen LogP contribution in [0, 0.1) is 13.8 Å². The SMILES string of the molecule is CNC(=O)[C@@H]1Cc2cc3c(cc2CN1C(=O)c1nc(C)oc1C)O[C@@H](c1ccc(OC2CCOCC2)cc1)CO3. The standard InChI is InChI=1S/C30H33N3O7/c1-17-28(32-18(2)38-17)30(35)33-15-21-14-26-25(13-20(21)12-24(33)29(34)31-3)37-16-27(40-26)19-4-6-22(7-5-19)39-23-8-10-36-11-9-23/h4-7,13-14,23-24,27H,8-12,15-16H2,1-3H3,(H,31,34)/t24-,27+/m0/s1. The van der Waals surface area contributed by atoms with Gasteiger partial charge in [-0.25, -0.2) is 4.98 Å². The maximum Gasteiger partial charge on any atom is 0.277 e. The van der Waals surface area contributed by atoms with Crippen molar-refractivity contribution < 1.29 is 33.0 Å². The minimum atomic E-state index is -0.682. The van der Waals surface area contributed by atoms with Crippen LogP contribution in [0.3, 0.4) is 0 Å². The van der Waals surface area contributed by atoms with E-state index in [4.69, 9.17) is 23.4 Å². The van der Waals surface area contributed by atoms with Crippen LogP contribution in [0.1, 0.15) is 57.8 Å². The number of hydrogen-bond donors (Lipinski definition) is 1. The van der Waals surface area contributed by atoms with Crippen molar-refractivity contribution in [1.82, 2.24) is 15.2 Å². The highest BCUT2D eigenvalue weighted by Gasteiger charge is 2.38. The second-order valence-electron chi connectivity index (χ2n) is 10.4. The van der Waals surface area contributed by atoms with Crippen LogP contribution in [0.5, 0.6) is 17.2 Å². The lowest BCUT2D eigenvalue weighted by molar-refractivity contribution is -0.125. The number of carbonyl (C=O) groups excluding carboxylic acids is 2. The van der Waals surface area contributed by atoms with Crippen molar-refractivity contribution in [1.29, 1.82) is 0 Å². The van der Waals surface area contributed by atoms with E-state index in [-0.39, 0.29) is 36.3 Å². The van der Waals surface area contributed by atoms with Crippen LogP contribution in [0.4, 0.5) is 0 Å². The van der Waals surface area contributed by atoms with Gasteiger partial charge in [0.15, 0.2) is 29.2 Å². The van der Waals surface area contributed by atoms with Crippen molar-refractivity contribution in [3.05, 3.63) is 70.4 Å². The minimum Gasteiger partial charge on any atom is -0.490 e. The number of nitrogens with zero attached hydrogens (tertiary/aromatic N) is 2. The third-order valence-corrected chi connectivity index (χ3v) is 7.69. The Labute approximate surface area is 232 Å². The Hall–Kier alpha value is -4.05. The van der Waals surface area contributed by atoms with Crippen LogP contribution < -0.4 is 19.5 Å². The second-order valence-corrected chi connectivity index (χ2v) is 10.4. The number of oxazole rings is 1. The maximum absolute atomic E-state index is 13.5. The van der Waals surface area contributed by atoms with Crippen LogP contribution >= 0.6 is 0 Å². The zero-order valence-electron chi connectivity index (χ0n) is 22.9. The predicted octanol–water partition coefficient (Wildman–Crippen LogP) is 3.67. The van der Waals surface area contributed by atoms with Gasteiger partial charge in [0, 0.05) is 39.8 Å². The van der Waals surface area contributed by atoms with Gasteiger partial charge >= 0.3 is 0 Å². The molecule has 1 saturated heterocycles. The fourth-order valence-electron chi connectivity index (χ4n) is 5.54. The Morgan fingerprint density at radius 3 is 2.50 bits per heavy atom. The van der Waals surface area contributed by atoms with Crippen LogP contribution in [0.2, 0.25) is 0 Å². The van der Waals surface area contributed by atoms with Crippen molar-refractivity contribution in [3.8, 4) is 17.2 Å². The molecule has 3 aliphatic rings. The highest BCUT2D eigenvalue weighted by Crippen LogP contribution is 2.41. The van der Waals surface area contributed by atoms with Gasteiger partial charge in [0.25, 0.3) is 5.91 Å². The lowest BCUT2D eigenvalue weighted by Gasteiger charge is -2.36. The summed E-state index contributed by atoms with van der Waals surface area (Å²) in [6.07, 6.45) is 2.04. The number of rotatable bonds is 5. The number of likely N-dealkylation sites (N-methyl/N-ethyl adjacent to an activating group) is 1. The molecule has 0 aliphatic carbocycles. The van der Waals surface area contributed by atoms with Gasteiger partial charge in [-0.3, -0.25) is 9.59 Å². The molecule has 40 heavy (non-hydrogen) atoms. The molecule has 0 unspecified atom stereocenters. The summed E-state index contributed by atoms with van der Waals surface area (Å²) in [5.74, 6) is 2.32. The molecule has 2 aromatic carbocycles. The largest absolute Gasteiger partial charge is 0.490 e. The van der Waals surface area contributed by atoms with E-state index in [0.717, 1.165) is 48.5 Å². The molecular weight excluding hydrogens is 514 g/mol. The molecule has 0 bridgehead atoms. The predicted molar refractivity (Wildman–Crippen MR) is 144 cm³/mol. The molecule has 1 N–H and O–H groups in total. The molecule has 210 valence electrons. The van der Waals surface area contributed by atoms with E-state index in [1.54, 1.807) is 25.8 Å². The summed E-state index contributed by atoms with van der Waals surface area (Å²) in [5.41, 5.74) is 3.04. The Bertz CT molecular complexity index is 1410. The first-order chi connectivity index (χ1) is 19.4. The van der Waals surface area contributed by atoms with Gasteiger partial charge < -0.3 is 33.6 Å². The highest BCUT2D eigenvalue weighted by molar-refractivity contribution is 5.97. The molecule has 0 radical (unpaired) electrons. The summed E-state index contributed by atoms with van der Waals surface area (Å²) in [7, 11) is 1.57. The van der Waals surface area contributed by atoms with Crippen molar-refractivity contribution in [3.63, 3.8) is 0 Å². The molecule has 3 aromatic rings. The Balaban J connectivity index is 1.21. The van der Waals surface area contributed by atoms with E-state index in [1.165, 1.54) is 0 Å². The topological polar surface area (TPSA) is 112 Å². The number of aryl methyl sites for hydroxylation is 2. The summed E-state index contributed by atoms with van der Waals surface area (Å²) < 4.78 is 29.5. The molecule has 10 nitrogen and oxygen atoms in total. The van der Waals surface area contributed by atoms with Crippen molar-refractivity contribution >= 4 is 11.8 Å². The number of nitrogens with one attached hydrogen (secondary N) is 1. The molecule has 1 fully saturated rings. The van der Waals surface area contributed by atoms with Gasteiger partial charge in [0.2, 0.25) is 5.91 Å². The lowest BCUT2D eigenvalue weighted by Crippen LogP contribution is -2.52. The molecule has 6 rings (SSSR count). The van der Waals surface area contributed by atoms with Gasteiger partial charge in [-0.15, -0.1) is 0 Å². The van der Waals surface area contributed by atoms with Crippen LogP contribution in [-0.2, 0) is 22.5 Å². The number of fused-ring (bicyclic) bond motifs is 2. The summed E-state index contributed by atoms with van der Waals surface area (Å²) in [5, 5.41) is 2.69. The molecule has 10 heteroatoms. The van der Waals surface area contributed by atoms with Crippen LogP contribution in [-0.4, -0.2) is 60.7 Å². The number of ether oxygens (including phenoxy) is 4. The van der Waals surface area contributed by atoms with Gasteiger partial charge in [0.05, 0.1) is 13.2 Å². The van der Waals surface area contributed by atoms with E-state index < -0.39 is 6.04 Å². The maximum atomic E-state index is 13.5. The van der Waals surface area contributed by atoms with E-state index in [9.17, 15) is 9.59 Å². The third-order valence-electron chi connectivity index (χ3n) is 7.69. The normalized spacial score (nSPS) is 20.5. The fourth-order valence-corrected chi connectivity index (χ4v) is 5.54. The second kappa shape index (κ2) is 10.8. The number of aromatic nitrogens is 1. The molecule has 2 amide bonds. The summed E-state index contributed by atoms with van der Waals surface area (Å²) in [4.78, 5) is 32.1. The lowest BCUT2D eigenvalue weighted by atomic mass is 9.92. The zero-order valence-corrected chi connectivity index (χ0v) is 22.9. The van der Waals surface area contributed by atoms with Crippen molar-refractivity contribution in [2.75, 3.05) is 26.9 Å². The molecule has 1 aromatic heterocycles.